The van der Waals surface area contributed by atoms with Crippen molar-refractivity contribution in [1.82, 2.24) is 10.2 Å². The van der Waals surface area contributed by atoms with Crippen molar-refractivity contribution in [3.05, 3.63) is 0 Å². The van der Waals surface area contributed by atoms with Gasteiger partial charge in [-0.1, -0.05) is 0 Å². The smallest absolute Gasteiger partial charge is 0.0480 e. The van der Waals surface area contributed by atoms with Crippen molar-refractivity contribution in [2.45, 2.75) is 38.3 Å². The van der Waals surface area contributed by atoms with Gasteiger partial charge >= 0.3 is 0 Å². The van der Waals surface area contributed by atoms with E-state index in [4.69, 9.17) is 4.74 Å². The van der Waals surface area contributed by atoms with Crippen molar-refractivity contribution in [1.29, 1.82) is 0 Å². The van der Waals surface area contributed by atoms with Crippen LogP contribution < -0.4 is 5.32 Å². The van der Waals surface area contributed by atoms with Crippen LogP contribution in [0.5, 0.6) is 0 Å². The molecule has 1 fully saturated rings. The number of rotatable bonds is 8. The molecule has 0 aromatic rings. The van der Waals surface area contributed by atoms with E-state index in [9.17, 15) is 0 Å². The number of hydrogen-bond donors (Lipinski definition) is 1. The van der Waals surface area contributed by atoms with Crippen LogP contribution in [0.15, 0.2) is 0 Å². The van der Waals surface area contributed by atoms with Crippen LogP contribution in [0.1, 0.15) is 26.2 Å². The van der Waals surface area contributed by atoms with E-state index < -0.39 is 0 Å². The third-order valence-electron chi connectivity index (χ3n) is 3.61. The van der Waals surface area contributed by atoms with Crippen LogP contribution in [-0.2, 0) is 4.74 Å². The van der Waals surface area contributed by atoms with E-state index in [0.717, 1.165) is 26.3 Å². The first-order chi connectivity index (χ1) is 8.24. The number of likely N-dealkylation sites (N-methyl/N-ethyl adjacent to an activating group) is 1. The Balaban J connectivity index is 2.04. The molecule has 0 aromatic heterocycles. The van der Waals surface area contributed by atoms with Crippen LogP contribution in [0.4, 0.5) is 0 Å². The summed E-state index contributed by atoms with van der Waals surface area (Å²) in [5.74, 6) is 1.26. The van der Waals surface area contributed by atoms with Crippen LogP contribution >= 0.6 is 11.8 Å². The number of nitrogens with one attached hydrogen (secondary N) is 1. The van der Waals surface area contributed by atoms with Crippen molar-refractivity contribution in [3.8, 4) is 0 Å². The molecule has 0 amide bonds. The Morgan fingerprint density at radius 3 is 2.76 bits per heavy atom. The zero-order valence-corrected chi connectivity index (χ0v) is 12.4. The summed E-state index contributed by atoms with van der Waals surface area (Å²) in [7, 11) is 2.23. The highest BCUT2D eigenvalue weighted by molar-refractivity contribution is 7.98. The van der Waals surface area contributed by atoms with Gasteiger partial charge in [0.15, 0.2) is 0 Å². The van der Waals surface area contributed by atoms with E-state index in [2.05, 4.69) is 30.4 Å². The molecule has 0 bridgehead atoms. The Morgan fingerprint density at radius 1 is 1.41 bits per heavy atom. The van der Waals surface area contributed by atoms with Gasteiger partial charge in [-0.05, 0) is 45.2 Å². The van der Waals surface area contributed by atoms with Gasteiger partial charge in [0.25, 0.3) is 0 Å². The van der Waals surface area contributed by atoms with Crippen LogP contribution in [0.3, 0.4) is 0 Å². The minimum atomic E-state index is 0.679. The van der Waals surface area contributed by atoms with Crippen molar-refractivity contribution >= 4 is 11.8 Å². The maximum absolute atomic E-state index is 5.36. The molecular weight excluding hydrogens is 232 g/mol. The second kappa shape index (κ2) is 9.20. The second-order valence-electron chi connectivity index (χ2n) is 4.95. The van der Waals surface area contributed by atoms with Gasteiger partial charge in [-0.3, -0.25) is 0 Å². The van der Waals surface area contributed by atoms with Gasteiger partial charge in [0.1, 0.15) is 0 Å². The summed E-state index contributed by atoms with van der Waals surface area (Å²) in [6.07, 6.45) is 5.81. The Bertz CT molecular complexity index is 186. The van der Waals surface area contributed by atoms with E-state index >= 15 is 0 Å². The zero-order valence-electron chi connectivity index (χ0n) is 11.6. The molecule has 1 heterocycles. The molecule has 1 atom stereocenters. The lowest BCUT2D eigenvalue weighted by Crippen LogP contribution is -2.41. The molecule has 0 radical (unpaired) electrons. The number of nitrogens with zero attached hydrogens (tertiary/aromatic N) is 1. The summed E-state index contributed by atoms with van der Waals surface area (Å²) in [6, 6.07) is 1.37. The lowest BCUT2D eigenvalue weighted by atomic mass is 10.1. The summed E-state index contributed by atoms with van der Waals surface area (Å²) in [4.78, 5) is 2.46. The van der Waals surface area contributed by atoms with E-state index in [1.807, 2.05) is 11.8 Å². The van der Waals surface area contributed by atoms with Gasteiger partial charge in [0, 0.05) is 38.4 Å². The zero-order chi connectivity index (χ0) is 12.5. The fourth-order valence-corrected chi connectivity index (χ4v) is 2.65. The molecule has 1 aliphatic heterocycles. The van der Waals surface area contributed by atoms with Gasteiger partial charge < -0.3 is 15.0 Å². The summed E-state index contributed by atoms with van der Waals surface area (Å²) < 4.78 is 5.36. The van der Waals surface area contributed by atoms with Crippen molar-refractivity contribution < 1.29 is 4.74 Å². The quantitative estimate of drug-likeness (QED) is 0.719. The molecule has 0 spiro atoms. The highest BCUT2D eigenvalue weighted by Gasteiger charge is 2.13. The SMILES string of the molecule is CSCCC(C)N(C)CCNC1CCOCC1. The first-order valence-corrected chi connectivity index (χ1v) is 8.13. The summed E-state index contributed by atoms with van der Waals surface area (Å²) in [6.45, 7) is 6.43. The maximum Gasteiger partial charge on any atom is 0.0480 e. The van der Waals surface area contributed by atoms with E-state index in [1.54, 1.807) is 0 Å². The summed E-state index contributed by atoms with van der Waals surface area (Å²) in [5.41, 5.74) is 0. The highest BCUT2D eigenvalue weighted by Crippen LogP contribution is 2.07. The Kier molecular flexibility index (Phi) is 8.27. The molecule has 0 saturated carbocycles. The predicted octanol–water partition coefficient (Wildman–Crippen LogP) is 1.83. The highest BCUT2D eigenvalue weighted by atomic mass is 32.2. The molecule has 102 valence electrons. The molecule has 3 nitrogen and oxygen atoms in total. The minimum absolute atomic E-state index is 0.679. The average Bonchev–Trinajstić information content (AvgIpc) is 2.37. The van der Waals surface area contributed by atoms with E-state index in [0.29, 0.717) is 12.1 Å². The van der Waals surface area contributed by atoms with Crippen molar-refractivity contribution in [2.75, 3.05) is 45.4 Å². The monoisotopic (exact) mass is 260 g/mol. The van der Waals surface area contributed by atoms with Crippen molar-refractivity contribution in [2.24, 2.45) is 0 Å². The van der Waals surface area contributed by atoms with Crippen LogP contribution in [-0.4, -0.2) is 62.3 Å². The summed E-state index contributed by atoms with van der Waals surface area (Å²) in [5, 5.41) is 3.64. The molecule has 1 N–H and O–H groups in total. The normalized spacial score (nSPS) is 19.8. The van der Waals surface area contributed by atoms with Gasteiger partial charge in [-0.25, -0.2) is 0 Å². The van der Waals surface area contributed by atoms with Gasteiger partial charge in [-0.15, -0.1) is 0 Å². The van der Waals surface area contributed by atoms with E-state index in [1.165, 1.54) is 25.0 Å². The van der Waals surface area contributed by atoms with Gasteiger partial charge in [0.2, 0.25) is 0 Å². The third-order valence-corrected chi connectivity index (χ3v) is 4.25. The lowest BCUT2D eigenvalue weighted by Gasteiger charge is -2.27. The molecule has 0 aliphatic carbocycles. The van der Waals surface area contributed by atoms with Crippen molar-refractivity contribution in [3.63, 3.8) is 0 Å². The standard InChI is InChI=1S/C13H28N2OS/c1-12(6-11-17-3)15(2)8-7-14-13-4-9-16-10-5-13/h12-14H,4-11H2,1-3H3. The molecule has 1 aliphatic rings. The predicted molar refractivity (Wildman–Crippen MR) is 76.9 cm³/mol. The Labute approximate surface area is 111 Å². The molecule has 1 saturated heterocycles. The fourth-order valence-electron chi connectivity index (χ4n) is 2.08. The first-order valence-electron chi connectivity index (χ1n) is 6.74. The largest absolute Gasteiger partial charge is 0.381 e. The molecule has 17 heavy (non-hydrogen) atoms. The average molecular weight is 260 g/mol. The number of thioether (sulfide) groups is 1. The molecular formula is C13H28N2OS. The molecule has 1 unspecified atom stereocenters. The second-order valence-corrected chi connectivity index (χ2v) is 5.94. The van der Waals surface area contributed by atoms with Gasteiger partial charge in [-0.2, -0.15) is 11.8 Å². The maximum atomic E-state index is 5.36. The fraction of sp³-hybridized carbons (Fsp3) is 1.00. The first kappa shape index (κ1) is 15.3. The Hall–Kier alpha value is 0.230. The number of hydrogen-bond acceptors (Lipinski definition) is 4. The summed E-state index contributed by atoms with van der Waals surface area (Å²) >= 11 is 1.94. The lowest BCUT2D eigenvalue weighted by molar-refractivity contribution is 0.0771. The van der Waals surface area contributed by atoms with Crippen LogP contribution in [0.2, 0.25) is 0 Å². The topological polar surface area (TPSA) is 24.5 Å². The third kappa shape index (κ3) is 6.65. The Morgan fingerprint density at radius 2 is 2.12 bits per heavy atom. The van der Waals surface area contributed by atoms with Gasteiger partial charge in [0.05, 0.1) is 0 Å². The minimum Gasteiger partial charge on any atom is -0.381 e. The van der Waals surface area contributed by atoms with Crippen LogP contribution in [0, 0.1) is 0 Å². The van der Waals surface area contributed by atoms with Crippen LogP contribution in [0.25, 0.3) is 0 Å². The molecule has 0 aromatic carbocycles. The number of ether oxygens (including phenoxy) is 1. The van der Waals surface area contributed by atoms with E-state index in [-0.39, 0.29) is 0 Å². The molecule has 1 rings (SSSR count). The molecule has 4 heteroatoms.